The topological polar surface area (TPSA) is 0 Å². The highest BCUT2D eigenvalue weighted by atomic mass is 31.2. The average Bonchev–Trinajstić information content (AvgIpc) is 1.99. The summed E-state index contributed by atoms with van der Waals surface area (Å²) in [7, 11) is -0.550. The fourth-order valence-electron chi connectivity index (χ4n) is 1.28. The Labute approximate surface area is 73.1 Å². The van der Waals surface area contributed by atoms with E-state index >= 15 is 0 Å². The van der Waals surface area contributed by atoms with E-state index in [4.69, 9.17) is 0 Å². The Bertz CT molecular complexity index is 97.0. The second-order valence-electron chi connectivity index (χ2n) is 4.11. The molecule has 0 fully saturated rings. The van der Waals surface area contributed by atoms with Crippen LogP contribution < -0.4 is 0 Å². The predicted octanol–water partition coefficient (Wildman–Crippen LogP) is 3.86. The van der Waals surface area contributed by atoms with Gasteiger partial charge in [-0.15, -0.1) is 0 Å². The van der Waals surface area contributed by atoms with E-state index < -0.39 is 7.26 Å². The molecule has 0 saturated carbocycles. The van der Waals surface area contributed by atoms with Crippen molar-refractivity contribution in [1.82, 2.24) is 0 Å². The highest BCUT2D eigenvalue weighted by Crippen LogP contribution is 2.57. The van der Waals surface area contributed by atoms with Gasteiger partial charge in [0.05, 0.1) is 11.8 Å². The minimum Gasteiger partial charge on any atom is -0.0652 e. The summed E-state index contributed by atoms with van der Waals surface area (Å²) < 4.78 is 0. The van der Waals surface area contributed by atoms with Crippen LogP contribution in [0.25, 0.3) is 0 Å². The van der Waals surface area contributed by atoms with Crippen molar-refractivity contribution in [3.8, 4) is 0 Å². The molecule has 0 heterocycles. The molecule has 0 aliphatic heterocycles. The van der Waals surface area contributed by atoms with E-state index in [2.05, 4.69) is 34.1 Å². The molecule has 0 saturated heterocycles. The first-order valence-electron chi connectivity index (χ1n) is 4.87. The van der Waals surface area contributed by atoms with Gasteiger partial charge in [-0.2, -0.15) is 0 Å². The molecule has 1 heteroatoms. The normalized spacial score (nSPS) is 15.0. The van der Waals surface area contributed by atoms with Crippen molar-refractivity contribution < 1.29 is 0 Å². The summed E-state index contributed by atoms with van der Waals surface area (Å²) in [6, 6.07) is 0. The van der Waals surface area contributed by atoms with Crippen LogP contribution in [-0.2, 0) is 0 Å². The lowest BCUT2D eigenvalue weighted by atomic mass is 10.4. The zero-order valence-electron chi connectivity index (χ0n) is 8.85. The van der Waals surface area contributed by atoms with E-state index in [0.29, 0.717) is 0 Å². The van der Waals surface area contributed by atoms with Crippen LogP contribution >= 0.6 is 7.26 Å². The second-order valence-corrected chi connectivity index (χ2v) is 9.00. The molecule has 0 aromatic heterocycles. The molecule has 0 amide bonds. The van der Waals surface area contributed by atoms with Gasteiger partial charge in [0.1, 0.15) is 0 Å². The Morgan fingerprint density at radius 1 is 1.18 bits per heavy atom. The minimum absolute atomic E-state index is 0.550. The number of hydrogen-bond acceptors (Lipinski definition) is 0. The first kappa shape index (κ1) is 11.4. The van der Waals surface area contributed by atoms with E-state index in [-0.39, 0.29) is 0 Å². The molecule has 1 unspecified atom stereocenters. The fraction of sp³-hybridized carbons (Fsp3) is 1.00. The Morgan fingerprint density at radius 3 is 2.09 bits per heavy atom. The molecule has 0 aliphatic carbocycles. The molecule has 0 aromatic carbocycles. The summed E-state index contributed by atoms with van der Waals surface area (Å²) in [6.07, 6.45) is 5.66. The molecule has 0 aromatic rings. The van der Waals surface area contributed by atoms with Crippen LogP contribution in [0, 0.1) is 0 Å². The summed E-state index contributed by atoms with van der Waals surface area (Å²) in [4.78, 5) is 0. The van der Waals surface area contributed by atoms with Gasteiger partial charge in [0.2, 0.25) is 0 Å². The lowest BCUT2D eigenvalue weighted by Crippen LogP contribution is -2.09. The monoisotopic (exact) mass is 175 g/mol. The number of hydrogen-bond donors (Lipinski definition) is 0. The van der Waals surface area contributed by atoms with Gasteiger partial charge in [0.15, 0.2) is 0 Å². The van der Waals surface area contributed by atoms with Crippen molar-refractivity contribution >= 4 is 7.26 Å². The maximum Gasteiger partial charge on any atom is 0.0661 e. The average molecular weight is 175 g/mol. The van der Waals surface area contributed by atoms with E-state index in [0.717, 1.165) is 5.66 Å². The Hall–Kier alpha value is 0.430. The number of unbranched alkanes of at least 4 members (excludes halogenated alkanes) is 1. The van der Waals surface area contributed by atoms with E-state index in [9.17, 15) is 0 Å². The van der Waals surface area contributed by atoms with E-state index in [1.807, 2.05) is 0 Å². The summed E-state index contributed by atoms with van der Waals surface area (Å²) in [6.45, 7) is 12.0. The van der Waals surface area contributed by atoms with Gasteiger partial charge >= 0.3 is 0 Å². The van der Waals surface area contributed by atoms with Gasteiger partial charge in [-0.25, -0.2) is 0 Å². The van der Waals surface area contributed by atoms with Crippen molar-refractivity contribution in [3.63, 3.8) is 0 Å². The fourth-order valence-corrected chi connectivity index (χ4v) is 3.84. The van der Waals surface area contributed by atoms with Crippen LogP contribution in [0.5, 0.6) is 0 Å². The predicted molar refractivity (Wildman–Crippen MR) is 58.3 cm³/mol. The van der Waals surface area contributed by atoms with Gasteiger partial charge in [0, 0.05) is 20.6 Å². The lowest BCUT2D eigenvalue weighted by Gasteiger charge is -2.24. The van der Waals surface area contributed by atoms with Crippen molar-refractivity contribution in [1.29, 1.82) is 0 Å². The zero-order chi connectivity index (χ0) is 8.91. The maximum atomic E-state index is 2.51. The van der Waals surface area contributed by atoms with E-state index in [1.54, 1.807) is 0 Å². The summed E-state index contributed by atoms with van der Waals surface area (Å²) in [5.41, 5.74) is 0.981. The third kappa shape index (κ3) is 4.11. The van der Waals surface area contributed by atoms with Gasteiger partial charge in [-0.1, -0.05) is 20.3 Å². The summed E-state index contributed by atoms with van der Waals surface area (Å²) in [5.74, 6) is 0. The zero-order valence-corrected chi connectivity index (χ0v) is 9.75. The maximum absolute atomic E-state index is 2.51. The van der Waals surface area contributed by atoms with Crippen molar-refractivity contribution in [3.05, 3.63) is 0 Å². The molecule has 11 heavy (non-hydrogen) atoms. The van der Waals surface area contributed by atoms with Crippen LogP contribution in [0.1, 0.15) is 40.0 Å². The van der Waals surface area contributed by atoms with Crippen LogP contribution in [0.3, 0.4) is 0 Å². The molecule has 0 nitrogen and oxygen atoms in total. The van der Waals surface area contributed by atoms with E-state index in [1.165, 1.54) is 25.4 Å². The summed E-state index contributed by atoms with van der Waals surface area (Å²) in [5, 5.41) is 0. The minimum atomic E-state index is -0.550. The first-order chi connectivity index (χ1) is 5.04. The SMILES string of the molecule is CCCC[P+](C)(C)C(C)CC. The number of rotatable bonds is 5. The third-order valence-corrected chi connectivity index (χ3v) is 7.09. The lowest BCUT2D eigenvalue weighted by molar-refractivity contribution is 0.847. The van der Waals surface area contributed by atoms with Gasteiger partial charge in [0.25, 0.3) is 0 Å². The smallest absolute Gasteiger partial charge is 0.0652 e. The van der Waals surface area contributed by atoms with Crippen LogP contribution in [0.2, 0.25) is 0 Å². The first-order valence-corrected chi connectivity index (χ1v) is 7.81. The van der Waals surface area contributed by atoms with Crippen LogP contribution in [0.4, 0.5) is 0 Å². The molecule has 0 rings (SSSR count). The largest absolute Gasteiger partial charge is 0.0661 e. The molecule has 0 aliphatic rings. The standard InChI is InChI=1S/C10H24P/c1-6-8-9-11(4,5)10(3)7-2/h10H,6-9H2,1-5H3/q+1. The van der Waals surface area contributed by atoms with Gasteiger partial charge in [-0.3, -0.25) is 0 Å². The van der Waals surface area contributed by atoms with Crippen molar-refractivity contribution in [2.45, 2.75) is 45.7 Å². The molecular formula is C10H24P+. The quantitative estimate of drug-likeness (QED) is 0.556. The molecule has 0 radical (unpaired) electrons. The third-order valence-electron chi connectivity index (χ3n) is 2.87. The molecule has 0 bridgehead atoms. The molecule has 68 valence electrons. The van der Waals surface area contributed by atoms with Gasteiger partial charge < -0.3 is 0 Å². The van der Waals surface area contributed by atoms with Crippen molar-refractivity contribution in [2.24, 2.45) is 0 Å². The molecule has 0 spiro atoms. The summed E-state index contributed by atoms with van der Waals surface area (Å²) >= 11 is 0. The highest BCUT2D eigenvalue weighted by molar-refractivity contribution is 7.75. The molecule has 1 atom stereocenters. The molecular weight excluding hydrogens is 151 g/mol. The van der Waals surface area contributed by atoms with Crippen LogP contribution in [-0.4, -0.2) is 25.2 Å². The van der Waals surface area contributed by atoms with Crippen LogP contribution in [0.15, 0.2) is 0 Å². The Balaban J connectivity index is 3.77. The Kier molecular flexibility index (Phi) is 5.34. The Morgan fingerprint density at radius 2 is 1.73 bits per heavy atom. The second kappa shape index (κ2) is 5.14. The highest BCUT2D eigenvalue weighted by Gasteiger charge is 2.30. The molecule has 0 N–H and O–H groups in total. The van der Waals surface area contributed by atoms with Crippen molar-refractivity contribution in [2.75, 3.05) is 19.5 Å². The van der Waals surface area contributed by atoms with Gasteiger partial charge in [-0.05, 0) is 19.8 Å².